The average Bonchev–Trinajstić information content (AvgIpc) is 3.69. The lowest BCUT2D eigenvalue weighted by atomic mass is 9.75. The van der Waals surface area contributed by atoms with Crippen molar-refractivity contribution in [2.75, 3.05) is 0 Å². The highest BCUT2D eigenvalue weighted by Crippen LogP contribution is 2.54. The van der Waals surface area contributed by atoms with Crippen molar-refractivity contribution in [1.82, 2.24) is 0 Å². The molecule has 0 bridgehead atoms. The summed E-state index contributed by atoms with van der Waals surface area (Å²) in [5.74, 6) is 0. The molecule has 0 radical (unpaired) electrons. The van der Waals surface area contributed by atoms with Crippen LogP contribution in [0, 0.1) is 0 Å². The molecule has 0 nitrogen and oxygen atoms in total. The summed E-state index contributed by atoms with van der Waals surface area (Å²) in [6.45, 7) is 21.4. The van der Waals surface area contributed by atoms with E-state index < -0.39 is 0 Å². The summed E-state index contributed by atoms with van der Waals surface area (Å²) < 4.78 is 0. The number of rotatable bonds is 8. The first kappa shape index (κ1) is 34.7. The minimum atomic E-state index is -0.112. The lowest BCUT2D eigenvalue weighted by Crippen LogP contribution is -2.15. The van der Waals surface area contributed by atoms with Gasteiger partial charge in [0.2, 0.25) is 0 Å². The zero-order valence-corrected chi connectivity index (χ0v) is 32.8. The van der Waals surface area contributed by atoms with Crippen LogP contribution in [0.4, 0.5) is 0 Å². The van der Waals surface area contributed by atoms with Gasteiger partial charge in [-0.25, -0.2) is 0 Å². The SMILES string of the molecule is C=C/C=C(\C=C)c1ccc2c(-c3ccc4c5c(cccc35)C(C=C)=C4C=C)c3c(c(-c4ccc5c(c4)C(C)(C)c4ccccc4-5)c2c1)CCC(c1ccccc1)=C3. The molecular formula is C57H44. The van der Waals surface area contributed by atoms with Gasteiger partial charge in [0.15, 0.2) is 0 Å². The predicted molar refractivity (Wildman–Crippen MR) is 248 cm³/mol. The Morgan fingerprint density at radius 3 is 2.04 bits per heavy atom. The van der Waals surface area contributed by atoms with Crippen LogP contribution in [-0.4, -0.2) is 0 Å². The Bertz CT molecular complexity index is 3000. The summed E-state index contributed by atoms with van der Waals surface area (Å²) in [6, 6.07) is 45.5. The molecule has 0 saturated carbocycles. The van der Waals surface area contributed by atoms with Gasteiger partial charge in [0.05, 0.1) is 0 Å². The Labute approximate surface area is 336 Å². The first-order valence-corrected chi connectivity index (χ1v) is 20.0. The van der Waals surface area contributed by atoms with Crippen LogP contribution in [0.1, 0.15) is 64.8 Å². The fourth-order valence-electron chi connectivity index (χ4n) is 10.2. The van der Waals surface area contributed by atoms with Crippen molar-refractivity contribution in [3.05, 3.63) is 223 Å². The molecule has 0 spiro atoms. The Morgan fingerprint density at radius 1 is 0.561 bits per heavy atom. The average molecular weight is 729 g/mol. The maximum Gasteiger partial charge on any atom is 0.0159 e. The summed E-state index contributed by atoms with van der Waals surface area (Å²) in [6.07, 6.45) is 14.2. The molecule has 0 amide bonds. The Hall–Kier alpha value is -6.76. The summed E-state index contributed by atoms with van der Waals surface area (Å²) in [4.78, 5) is 0. The maximum atomic E-state index is 4.22. The largest absolute Gasteiger partial charge is 0.0990 e. The molecule has 0 saturated heterocycles. The van der Waals surface area contributed by atoms with Crippen LogP contribution >= 0.6 is 0 Å². The number of hydrogen-bond acceptors (Lipinski definition) is 0. The molecule has 7 aromatic carbocycles. The lowest BCUT2D eigenvalue weighted by molar-refractivity contribution is 0.660. The number of allylic oxidation sites excluding steroid dienone is 9. The minimum Gasteiger partial charge on any atom is -0.0990 e. The van der Waals surface area contributed by atoms with Crippen LogP contribution in [0.2, 0.25) is 0 Å². The standard InChI is InChI=1S/C57H44/c1-7-17-35(8-2)37-24-29-49-50(32-37)54(39-26-27-43-42-20-14-15-23-52(42)57(5,6)53(43)34-39)48-28-25-38(36-18-12-11-13-19-36)33-51(48)56(49)47-31-30-46-41(10-4)40(9-3)44-21-16-22-45(47)55(44)46/h7-24,26-27,29-34H,1-4,25,28H2,5-6H3/b35-17+. The monoisotopic (exact) mass is 728 g/mol. The van der Waals surface area contributed by atoms with E-state index in [1.54, 1.807) is 0 Å². The molecule has 0 aromatic heterocycles. The topological polar surface area (TPSA) is 0 Å². The molecule has 7 aromatic rings. The van der Waals surface area contributed by atoms with Gasteiger partial charge in [-0.05, 0) is 147 Å². The quantitative estimate of drug-likeness (QED) is 0.137. The van der Waals surface area contributed by atoms with Crippen LogP contribution in [-0.2, 0) is 11.8 Å². The first-order chi connectivity index (χ1) is 27.9. The van der Waals surface area contributed by atoms with Crippen molar-refractivity contribution >= 4 is 49.9 Å². The zero-order chi connectivity index (χ0) is 39.0. The van der Waals surface area contributed by atoms with Crippen LogP contribution in [0.25, 0.3) is 83.3 Å². The number of fused-ring (bicyclic) bond motifs is 5. The van der Waals surface area contributed by atoms with Crippen molar-refractivity contribution in [3.63, 3.8) is 0 Å². The second-order valence-corrected chi connectivity index (χ2v) is 16.1. The molecular weight excluding hydrogens is 685 g/mol. The Kier molecular flexibility index (Phi) is 8.03. The van der Waals surface area contributed by atoms with E-state index >= 15 is 0 Å². The first-order valence-electron chi connectivity index (χ1n) is 20.0. The van der Waals surface area contributed by atoms with E-state index in [0.29, 0.717) is 0 Å². The van der Waals surface area contributed by atoms with Crippen molar-refractivity contribution in [1.29, 1.82) is 0 Å². The smallest absolute Gasteiger partial charge is 0.0159 e. The molecule has 0 fully saturated rings. The maximum absolute atomic E-state index is 4.22. The molecule has 3 aliphatic carbocycles. The van der Waals surface area contributed by atoms with Crippen molar-refractivity contribution < 1.29 is 0 Å². The third kappa shape index (κ3) is 5.07. The summed E-state index contributed by atoms with van der Waals surface area (Å²) in [5, 5.41) is 5.01. The van der Waals surface area contributed by atoms with E-state index in [1.807, 2.05) is 24.3 Å². The molecule has 0 heterocycles. The zero-order valence-electron chi connectivity index (χ0n) is 32.8. The third-order valence-corrected chi connectivity index (χ3v) is 12.9. The summed E-state index contributed by atoms with van der Waals surface area (Å²) >= 11 is 0. The van der Waals surface area contributed by atoms with Crippen molar-refractivity contribution in [2.24, 2.45) is 0 Å². The van der Waals surface area contributed by atoms with Gasteiger partial charge in [-0.1, -0.05) is 186 Å². The van der Waals surface area contributed by atoms with Crippen molar-refractivity contribution in [2.45, 2.75) is 32.1 Å². The highest BCUT2D eigenvalue weighted by molar-refractivity contribution is 6.23. The van der Waals surface area contributed by atoms with E-state index in [1.165, 1.54) is 99.4 Å². The summed E-state index contributed by atoms with van der Waals surface area (Å²) in [7, 11) is 0. The fourth-order valence-corrected chi connectivity index (χ4v) is 10.2. The number of benzene rings is 7. The second kappa shape index (κ2) is 13.2. The van der Waals surface area contributed by atoms with E-state index in [-0.39, 0.29) is 5.41 Å². The lowest BCUT2D eigenvalue weighted by Gasteiger charge is -2.28. The highest BCUT2D eigenvalue weighted by atomic mass is 14.4. The molecule has 3 aliphatic rings. The van der Waals surface area contributed by atoms with Crippen LogP contribution < -0.4 is 0 Å². The van der Waals surface area contributed by atoms with E-state index in [4.69, 9.17) is 0 Å². The van der Waals surface area contributed by atoms with Crippen LogP contribution in [0.3, 0.4) is 0 Å². The van der Waals surface area contributed by atoms with E-state index in [9.17, 15) is 0 Å². The molecule has 0 atom stereocenters. The molecule has 57 heavy (non-hydrogen) atoms. The van der Waals surface area contributed by atoms with Crippen molar-refractivity contribution in [3.8, 4) is 33.4 Å². The minimum absolute atomic E-state index is 0.112. The van der Waals surface area contributed by atoms with Gasteiger partial charge in [0.1, 0.15) is 0 Å². The van der Waals surface area contributed by atoms with Gasteiger partial charge in [-0.2, -0.15) is 0 Å². The third-order valence-electron chi connectivity index (χ3n) is 12.9. The van der Waals surface area contributed by atoms with Gasteiger partial charge in [0.25, 0.3) is 0 Å². The van der Waals surface area contributed by atoms with E-state index in [0.717, 1.165) is 35.1 Å². The molecule has 0 heteroatoms. The van der Waals surface area contributed by atoms with Gasteiger partial charge in [0, 0.05) is 5.41 Å². The van der Waals surface area contributed by atoms with Gasteiger partial charge in [-0.3, -0.25) is 0 Å². The Balaban J connectivity index is 1.34. The van der Waals surface area contributed by atoms with Gasteiger partial charge in [-0.15, -0.1) is 0 Å². The van der Waals surface area contributed by atoms with Crippen LogP contribution in [0.15, 0.2) is 178 Å². The Morgan fingerprint density at radius 2 is 1.26 bits per heavy atom. The highest BCUT2D eigenvalue weighted by Gasteiger charge is 2.36. The molecule has 272 valence electrons. The van der Waals surface area contributed by atoms with Gasteiger partial charge < -0.3 is 0 Å². The number of hydrogen-bond donors (Lipinski definition) is 0. The molecule has 10 rings (SSSR count). The molecule has 0 N–H and O–H groups in total. The summed E-state index contributed by atoms with van der Waals surface area (Å²) in [5.41, 5.74) is 22.7. The normalized spacial score (nSPS) is 14.9. The van der Waals surface area contributed by atoms with E-state index in [2.05, 4.69) is 174 Å². The van der Waals surface area contributed by atoms with Gasteiger partial charge >= 0.3 is 0 Å². The predicted octanol–water partition coefficient (Wildman–Crippen LogP) is 15.5. The fraction of sp³-hybridized carbons (Fsp3) is 0.0877. The van der Waals surface area contributed by atoms with Crippen LogP contribution in [0.5, 0.6) is 0 Å². The molecule has 0 unspecified atom stereocenters. The second-order valence-electron chi connectivity index (χ2n) is 16.1. The molecule has 0 aliphatic heterocycles.